The van der Waals surface area contributed by atoms with Gasteiger partial charge in [0.15, 0.2) is 0 Å². The highest BCUT2D eigenvalue weighted by Gasteiger charge is 2.00. The molecule has 0 aliphatic heterocycles. The summed E-state index contributed by atoms with van der Waals surface area (Å²) in [5.41, 5.74) is 0.942. The predicted octanol–water partition coefficient (Wildman–Crippen LogP) is 2.71. The van der Waals surface area contributed by atoms with Crippen LogP contribution in [0.4, 0.5) is 4.79 Å². The van der Waals surface area contributed by atoms with E-state index in [2.05, 4.69) is 4.72 Å². The van der Waals surface area contributed by atoms with Crippen LogP contribution in [0.2, 0.25) is 0 Å². The molecule has 0 atom stereocenters. The van der Waals surface area contributed by atoms with Crippen LogP contribution in [0, 0.1) is 0 Å². The van der Waals surface area contributed by atoms with Crippen LogP contribution < -0.4 is 4.72 Å². The summed E-state index contributed by atoms with van der Waals surface area (Å²) in [5, 5.41) is 0. The molecule has 13 heavy (non-hydrogen) atoms. The second kappa shape index (κ2) is 5.72. The summed E-state index contributed by atoms with van der Waals surface area (Å²) >= 11 is 0.693. The van der Waals surface area contributed by atoms with Crippen molar-refractivity contribution in [1.29, 1.82) is 0 Å². The molecule has 0 aliphatic carbocycles. The Kier molecular flexibility index (Phi) is 4.49. The zero-order valence-corrected chi connectivity index (χ0v) is 8.27. The normalized spacial score (nSPS) is 9.31. The minimum Gasteiger partial charge on any atom is -0.444 e. The number of benzene rings is 1. The van der Waals surface area contributed by atoms with E-state index in [1.54, 1.807) is 0 Å². The lowest BCUT2D eigenvalue weighted by molar-refractivity contribution is 0.147. The molecule has 70 valence electrons. The van der Waals surface area contributed by atoms with Crippen molar-refractivity contribution in [1.82, 2.24) is 4.72 Å². The molecule has 0 radical (unpaired) electrons. The zero-order valence-electron chi connectivity index (χ0n) is 6.70. The van der Waals surface area contributed by atoms with Crippen molar-refractivity contribution < 1.29 is 9.53 Å². The van der Waals surface area contributed by atoms with E-state index in [0.29, 0.717) is 11.2 Å². The highest BCUT2D eigenvalue weighted by Crippen LogP contribution is 2.03. The topological polar surface area (TPSA) is 38.3 Å². The number of ether oxygens (including phenoxy) is 1. The van der Waals surface area contributed by atoms with Crippen LogP contribution in [0.15, 0.2) is 30.3 Å². The summed E-state index contributed by atoms with van der Waals surface area (Å²) in [7, 11) is 5.18. The zero-order chi connectivity index (χ0) is 9.52. The summed E-state index contributed by atoms with van der Waals surface area (Å²) in [5.74, 6) is 0. The Balaban J connectivity index is 2.31. The van der Waals surface area contributed by atoms with E-state index in [0.717, 1.165) is 5.56 Å². The number of nitrogens with one attached hydrogen (secondary N) is 1. The number of carbonyl (C=O) groups is 1. The fraction of sp³-hybridized carbons (Fsp3) is 0.125. The molecule has 0 saturated carbocycles. The van der Waals surface area contributed by atoms with Gasteiger partial charge in [0.1, 0.15) is 6.61 Å². The highest BCUT2D eigenvalue weighted by molar-refractivity contribution is 8.19. The standard InChI is InChI=1S/C8H8ClNO2S/c9-13-10-8(11)12-6-7-4-2-1-3-5-7/h1-5H,6H2,(H,10,11). The largest absolute Gasteiger partial charge is 0.444 e. The average Bonchev–Trinajstić information content (AvgIpc) is 2.17. The van der Waals surface area contributed by atoms with Crippen LogP contribution in [0.3, 0.4) is 0 Å². The molecule has 0 unspecified atom stereocenters. The van der Waals surface area contributed by atoms with E-state index in [-0.39, 0.29) is 6.61 Å². The maximum atomic E-state index is 10.8. The maximum Gasteiger partial charge on any atom is 0.418 e. The molecule has 0 heterocycles. The van der Waals surface area contributed by atoms with Gasteiger partial charge in [0.25, 0.3) is 0 Å². The van der Waals surface area contributed by atoms with Gasteiger partial charge < -0.3 is 4.74 Å². The summed E-state index contributed by atoms with van der Waals surface area (Å²) < 4.78 is 7.05. The van der Waals surface area contributed by atoms with Gasteiger partial charge in [-0.05, 0) is 16.2 Å². The first-order chi connectivity index (χ1) is 6.33. The lowest BCUT2D eigenvalue weighted by Gasteiger charge is -2.03. The maximum absolute atomic E-state index is 10.8. The minimum absolute atomic E-state index is 0.254. The molecule has 0 saturated heterocycles. The van der Waals surface area contributed by atoms with Crippen molar-refractivity contribution in [2.75, 3.05) is 0 Å². The summed E-state index contributed by atoms with van der Waals surface area (Å²) in [6.07, 6.45) is -0.538. The number of halogens is 1. The number of hydrogen-bond acceptors (Lipinski definition) is 3. The number of hydrogen-bond donors (Lipinski definition) is 1. The first kappa shape index (κ1) is 10.2. The quantitative estimate of drug-likeness (QED) is 0.792. The van der Waals surface area contributed by atoms with Crippen molar-refractivity contribution in [3.63, 3.8) is 0 Å². The van der Waals surface area contributed by atoms with E-state index < -0.39 is 6.09 Å². The van der Waals surface area contributed by atoms with Crippen molar-refractivity contribution >= 4 is 27.9 Å². The third-order valence-electron chi connectivity index (χ3n) is 1.33. The molecule has 0 spiro atoms. The predicted molar refractivity (Wildman–Crippen MR) is 53.2 cm³/mol. The van der Waals surface area contributed by atoms with Gasteiger partial charge in [-0.2, -0.15) is 0 Å². The van der Waals surface area contributed by atoms with E-state index >= 15 is 0 Å². The van der Waals surface area contributed by atoms with Gasteiger partial charge in [-0.15, -0.1) is 0 Å². The SMILES string of the molecule is O=C(NSCl)OCc1ccccc1. The third-order valence-corrected chi connectivity index (χ3v) is 1.81. The Morgan fingerprint density at radius 1 is 1.46 bits per heavy atom. The Morgan fingerprint density at radius 3 is 2.77 bits per heavy atom. The van der Waals surface area contributed by atoms with Crippen molar-refractivity contribution in [2.45, 2.75) is 6.61 Å². The van der Waals surface area contributed by atoms with Crippen LogP contribution in [-0.4, -0.2) is 6.09 Å². The molecule has 1 amide bonds. The molecule has 1 aromatic carbocycles. The van der Waals surface area contributed by atoms with Crippen LogP contribution in [0.25, 0.3) is 0 Å². The molecule has 0 fully saturated rings. The number of amides is 1. The van der Waals surface area contributed by atoms with Crippen LogP contribution >= 0.6 is 21.8 Å². The first-order valence-electron chi connectivity index (χ1n) is 3.57. The van der Waals surface area contributed by atoms with Gasteiger partial charge in [0, 0.05) is 0 Å². The third kappa shape index (κ3) is 4.05. The number of rotatable bonds is 3. The van der Waals surface area contributed by atoms with Gasteiger partial charge in [0.05, 0.1) is 11.2 Å². The molecule has 1 rings (SSSR count). The minimum atomic E-state index is -0.538. The van der Waals surface area contributed by atoms with Gasteiger partial charge >= 0.3 is 6.09 Å². The van der Waals surface area contributed by atoms with Gasteiger partial charge in [-0.1, -0.05) is 30.3 Å². The Bertz CT molecular complexity index is 268. The molecule has 3 nitrogen and oxygen atoms in total. The summed E-state index contributed by atoms with van der Waals surface area (Å²) in [6, 6.07) is 9.42. The molecule has 1 aromatic rings. The summed E-state index contributed by atoms with van der Waals surface area (Å²) in [4.78, 5) is 10.8. The smallest absolute Gasteiger partial charge is 0.418 e. The molecular weight excluding hydrogens is 210 g/mol. The van der Waals surface area contributed by atoms with Crippen molar-refractivity contribution in [3.8, 4) is 0 Å². The van der Waals surface area contributed by atoms with Crippen LogP contribution in [-0.2, 0) is 11.3 Å². The van der Waals surface area contributed by atoms with Crippen LogP contribution in [0.1, 0.15) is 5.56 Å². The second-order valence-electron chi connectivity index (χ2n) is 2.24. The Labute approximate surface area is 85.1 Å². The summed E-state index contributed by atoms with van der Waals surface area (Å²) in [6.45, 7) is 0.254. The van der Waals surface area contributed by atoms with Crippen molar-refractivity contribution in [3.05, 3.63) is 35.9 Å². The lowest BCUT2D eigenvalue weighted by Crippen LogP contribution is -2.15. The monoisotopic (exact) mass is 217 g/mol. The molecule has 0 aromatic heterocycles. The average molecular weight is 218 g/mol. The van der Waals surface area contributed by atoms with E-state index in [1.807, 2.05) is 30.3 Å². The fourth-order valence-corrected chi connectivity index (χ4v) is 1.09. The van der Waals surface area contributed by atoms with E-state index in [1.165, 1.54) is 0 Å². The molecular formula is C8H8ClNO2S. The molecule has 0 bridgehead atoms. The van der Waals surface area contributed by atoms with E-state index in [4.69, 9.17) is 15.4 Å². The second-order valence-corrected chi connectivity index (χ2v) is 3.06. The van der Waals surface area contributed by atoms with E-state index in [9.17, 15) is 4.79 Å². The Hall–Kier alpha value is -0.870. The van der Waals surface area contributed by atoms with Crippen molar-refractivity contribution in [2.24, 2.45) is 0 Å². The van der Waals surface area contributed by atoms with Gasteiger partial charge in [-0.25, -0.2) is 4.79 Å². The number of carbonyl (C=O) groups excluding carboxylic acids is 1. The Morgan fingerprint density at radius 2 is 2.15 bits per heavy atom. The first-order valence-corrected chi connectivity index (χ1v) is 5.21. The lowest BCUT2D eigenvalue weighted by atomic mass is 10.2. The molecule has 5 heteroatoms. The van der Waals surface area contributed by atoms with Gasteiger partial charge in [0.2, 0.25) is 0 Å². The van der Waals surface area contributed by atoms with Gasteiger partial charge in [-0.3, -0.25) is 4.72 Å². The van der Waals surface area contributed by atoms with Crippen LogP contribution in [0.5, 0.6) is 0 Å². The highest BCUT2D eigenvalue weighted by atomic mass is 35.7. The fourth-order valence-electron chi connectivity index (χ4n) is 0.784. The molecule has 0 aliphatic rings. The molecule has 1 N–H and O–H groups in total.